The van der Waals surface area contributed by atoms with Gasteiger partial charge >= 0.3 is 6.09 Å². The Morgan fingerprint density at radius 1 is 1.27 bits per heavy atom. The van der Waals surface area contributed by atoms with Crippen molar-refractivity contribution in [2.45, 2.75) is 39.8 Å². The summed E-state index contributed by atoms with van der Waals surface area (Å²) in [4.78, 5) is 26.4. The molecule has 26 heavy (non-hydrogen) atoms. The average molecular weight is 439 g/mol. The zero-order valence-electron chi connectivity index (χ0n) is 15.3. The second-order valence-electron chi connectivity index (χ2n) is 6.75. The van der Waals surface area contributed by atoms with Crippen LogP contribution in [0.25, 0.3) is 0 Å². The van der Waals surface area contributed by atoms with Crippen molar-refractivity contribution in [3.05, 3.63) is 50.6 Å². The van der Waals surface area contributed by atoms with Gasteiger partial charge in [0.05, 0.1) is 15.9 Å². The van der Waals surface area contributed by atoms with Crippen LogP contribution in [0.15, 0.2) is 39.5 Å². The Labute approximate surface area is 166 Å². The van der Waals surface area contributed by atoms with Crippen molar-refractivity contribution in [3.8, 4) is 0 Å². The van der Waals surface area contributed by atoms with Crippen LogP contribution in [-0.2, 0) is 11.3 Å². The Bertz CT molecular complexity index is 783. The molecule has 0 radical (unpaired) electrons. The third kappa shape index (κ3) is 5.85. The molecule has 0 aliphatic rings. The summed E-state index contributed by atoms with van der Waals surface area (Å²) >= 11 is 4.82. The van der Waals surface area contributed by atoms with Crippen molar-refractivity contribution in [1.29, 1.82) is 0 Å². The predicted octanol–water partition coefficient (Wildman–Crippen LogP) is 5.52. The summed E-state index contributed by atoms with van der Waals surface area (Å²) in [5.74, 6) is -0.181. The molecule has 1 aromatic heterocycles. The van der Waals surface area contributed by atoms with Gasteiger partial charge in [-0.2, -0.15) is 0 Å². The third-order valence-electron chi connectivity index (χ3n) is 3.49. The van der Waals surface area contributed by atoms with E-state index < -0.39 is 5.60 Å². The molecule has 0 atom stereocenters. The van der Waals surface area contributed by atoms with Crippen LogP contribution >= 0.6 is 27.3 Å². The largest absolute Gasteiger partial charge is 0.444 e. The highest BCUT2D eigenvalue weighted by Gasteiger charge is 2.22. The van der Waals surface area contributed by atoms with Gasteiger partial charge in [-0.05, 0) is 61.3 Å². The van der Waals surface area contributed by atoms with E-state index in [4.69, 9.17) is 4.74 Å². The van der Waals surface area contributed by atoms with Crippen LogP contribution in [0.5, 0.6) is 0 Å². The smallest absolute Gasteiger partial charge is 0.410 e. The zero-order valence-corrected chi connectivity index (χ0v) is 17.7. The summed E-state index contributed by atoms with van der Waals surface area (Å²) in [7, 11) is 0. The second-order valence-corrected chi connectivity index (χ2v) is 9.04. The van der Waals surface area contributed by atoms with Crippen LogP contribution in [-0.4, -0.2) is 29.0 Å². The molecular formula is C19H23BrN2O3S. The third-order valence-corrected chi connectivity index (χ3v) is 4.99. The first kappa shape index (κ1) is 20.5. The summed E-state index contributed by atoms with van der Waals surface area (Å²) in [5.41, 5.74) is 1.57. The molecule has 7 heteroatoms. The molecule has 1 heterocycles. The van der Waals surface area contributed by atoms with Crippen molar-refractivity contribution in [2.75, 3.05) is 11.9 Å². The van der Waals surface area contributed by atoms with E-state index in [1.54, 1.807) is 16.3 Å². The molecule has 1 N–H and O–H groups in total. The number of halogens is 1. The Kier molecular flexibility index (Phi) is 6.83. The lowest BCUT2D eigenvalue weighted by molar-refractivity contribution is 0.0245. The fourth-order valence-electron chi connectivity index (χ4n) is 2.24. The zero-order chi connectivity index (χ0) is 19.3. The predicted molar refractivity (Wildman–Crippen MR) is 109 cm³/mol. The molecule has 5 nitrogen and oxygen atoms in total. The SMILES string of the molecule is CCN(Cc1ccccc1NC(=O)c1csc(Br)c1)C(=O)OC(C)(C)C. The molecule has 0 aliphatic heterocycles. The number of benzene rings is 1. The Hall–Kier alpha value is -1.86. The summed E-state index contributed by atoms with van der Waals surface area (Å²) in [5, 5.41) is 4.72. The Morgan fingerprint density at radius 2 is 1.96 bits per heavy atom. The van der Waals surface area contributed by atoms with Gasteiger partial charge in [0, 0.05) is 17.6 Å². The molecule has 2 aromatic rings. The minimum Gasteiger partial charge on any atom is -0.444 e. The van der Waals surface area contributed by atoms with E-state index >= 15 is 0 Å². The van der Waals surface area contributed by atoms with Gasteiger partial charge in [0.1, 0.15) is 5.60 Å². The molecule has 140 valence electrons. The summed E-state index contributed by atoms with van der Waals surface area (Å²) in [6.07, 6.45) is -0.372. The maximum absolute atomic E-state index is 12.4. The number of nitrogens with zero attached hydrogens (tertiary/aromatic N) is 1. The maximum atomic E-state index is 12.4. The first-order valence-electron chi connectivity index (χ1n) is 8.31. The lowest BCUT2D eigenvalue weighted by Crippen LogP contribution is -2.36. The molecule has 1 aromatic carbocycles. The van der Waals surface area contributed by atoms with Gasteiger partial charge < -0.3 is 15.0 Å². The topological polar surface area (TPSA) is 58.6 Å². The Morgan fingerprint density at radius 3 is 2.54 bits per heavy atom. The fraction of sp³-hybridized carbons (Fsp3) is 0.368. The average Bonchev–Trinajstić information content (AvgIpc) is 2.99. The highest BCUT2D eigenvalue weighted by Crippen LogP contribution is 2.23. The van der Waals surface area contributed by atoms with Crippen molar-refractivity contribution >= 4 is 45.0 Å². The van der Waals surface area contributed by atoms with Crippen LogP contribution in [0.4, 0.5) is 10.5 Å². The molecule has 0 bridgehead atoms. The highest BCUT2D eigenvalue weighted by molar-refractivity contribution is 9.11. The van der Waals surface area contributed by atoms with Gasteiger partial charge in [0.15, 0.2) is 0 Å². The van der Waals surface area contributed by atoms with E-state index in [9.17, 15) is 9.59 Å². The van der Waals surface area contributed by atoms with E-state index in [1.165, 1.54) is 11.3 Å². The number of hydrogen-bond acceptors (Lipinski definition) is 4. The Balaban J connectivity index is 2.14. The number of nitrogens with one attached hydrogen (secondary N) is 1. The minimum atomic E-state index is -0.551. The van der Waals surface area contributed by atoms with Crippen LogP contribution < -0.4 is 5.32 Å². The number of ether oxygens (including phenoxy) is 1. The minimum absolute atomic E-state index is 0.181. The van der Waals surface area contributed by atoms with Gasteiger partial charge in [-0.3, -0.25) is 4.79 Å². The van der Waals surface area contributed by atoms with E-state index in [0.29, 0.717) is 24.3 Å². The molecule has 0 saturated heterocycles. The summed E-state index contributed by atoms with van der Waals surface area (Å²) < 4.78 is 6.35. The number of amides is 2. The van der Waals surface area contributed by atoms with Crippen LogP contribution in [0.3, 0.4) is 0 Å². The number of anilines is 1. The number of carbonyl (C=O) groups is 2. The van der Waals surface area contributed by atoms with E-state index in [2.05, 4.69) is 21.2 Å². The van der Waals surface area contributed by atoms with Gasteiger partial charge in [-0.15, -0.1) is 11.3 Å². The molecule has 0 spiro atoms. The highest BCUT2D eigenvalue weighted by atomic mass is 79.9. The number of carbonyl (C=O) groups excluding carboxylic acids is 2. The van der Waals surface area contributed by atoms with Crippen molar-refractivity contribution in [2.24, 2.45) is 0 Å². The van der Waals surface area contributed by atoms with Crippen LogP contribution in [0.1, 0.15) is 43.6 Å². The number of para-hydroxylation sites is 1. The lowest BCUT2D eigenvalue weighted by Gasteiger charge is -2.27. The molecule has 0 aliphatic carbocycles. The summed E-state index contributed by atoms with van der Waals surface area (Å²) in [6.45, 7) is 8.28. The maximum Gasteiger partial charge on any atom is 0.410 e. The van der Waals surface area contributed by atoms with E-state index in [0.717, 1.165) is 9.35 Å². The molecule has 0 fully saturated rings. The lowest BCUT2D eigenvalue weighted by atomic mass is 10.1. The van der Waals surface area contributed by atoms with Gasteiger partial charge in [0.25, 0.3) is 5.91 Å². The van der Waals surface area contributed by atoms with Gasteiger partial charge in [-0.25, -0.2) is 4.79 Å². The first-order chi connectivity index (χ1) is 12.2. The van der Waals surface area contributed by atoms with Crippen molar-refractivity contribution in [3.63, 3.8) is 0 Å². The molecule has 0 unspecified atom stereocenters. The standard InChI is InChI=1S/C19H23BrN2O3S/c1-5-22(18(24)25-19(2,3)4)11-13-8-6-7-9-15(13)21-17(23)14-10-16(20)26-12-14/h6-10,12H,5,11H2,1-4H3,(H,21,23). The van der Waals surface area contributed by atoms with E-state index in [-0.39, 0.29) is 12.0 Å². The van der Waals surface area contributed by atoms with Crippen molar-refractivity contribution < 1.29 is 14.3 Å². The summed E-state index contributed by atoms with van der Waals surface area (Å²) in [6, 6.07) is 9.24. The number of hydrogen-bond donors (Lipinski definition) is 1. The molecular weight excluding hydrogens is 416 g/mol. The number of thiophene rings is 1. The molecule has 2 rings (SSSR count). The quantitative estimate of drug-likeness (QED) is 0.668. The number of rotatable bonds is 5. The first-order valence-corrected chi connectivity index (χ1v) is 9.98. The second kappa shape index (κ2) is 8.68. The normalized spacial score (nSPS) is 11.1. The monoisotopic (exact) mass is 438 g/mol. The van der Waals surface area contributed by atoms with E-state index in [1.807, 2.05) is 52.0 Å². The van der Waals surface area contributed by atoms with Crippen molar-refractivity contribution in [1.82, 2.24) is 4.90 Å². The van der Waals surface area contributed by atoms with Crippen LogP contribution in [0, 0.1) is 0 Å². The molecule has 2 amide bonds. The van der Waals surface area contributed by atoms with Gasteiger partial charge in [-0.1, -0.05) is 18.2 Å². The fourth-order valence-corrected chi connectivity index (χ4v) is 3.38. The molecule has 0 saturated carbocycles. The van der Waals surface area contributed by atoms with Crippen LogP contribution in [0.2, 0.25) is 0 Å². The van der Waals surface area contributed by atoms with Gasteiger partial charge in [0.2, 0.25) is 0 Å².